The fraction of sp³-hybridized carbons (Fsp3) is 0.389. The van der Waals surface area contributed by atoms with Gasteiger partial charge < -0.3 is 10.2 Å². The predicted octanol–water partition coefficient (Wildman–Crippen LogP) is 2.95. The summed E-state index contributed by atoms with van der Waals surface area (Å²) in [6, 6.07) is 9.78. The van der Waals surface area contributed by atoms with Gasteiger partial charge in [0.1, 0.15) is 0 Å². The monoisotopic (exact) mass is 310 g/mol. The summed E-state index contributed by atoms with van der Waals surface area (Å²) < 4.78 is 0. The maximum atomic E-state index is 12.5. The Bertz CT molecular complexity index is 701. The molecule has 1 unspecified atom stereocenters. The Morgan fingerprint density at radius 1 is 1.30 bits per heavy atom. The molecule has 0 radical (unpaired) electrons. The first kappa shape index (κ1) is 15.5. The number of benzene rings is 1. The van der Waals surface area contributed by atoms with Crippen LogP contribution in [0, 0.1) is 19.8 Å². The van der Waals surface area contributed by atoms with Gasteiger partial charge in [-0.1, -0.05) is 12.1 Å². The summed E-state index contributed by atoms with van der Waals surface area (Å²) in [4.78, 5) is 23.5. The molecule has 2 heterocycles. The van der Waals surface area contributed by atoms with Crippen molar-refractivity contribution in [1.82, 2.24) is 9.97 Å². The van der Waals surface area contributed by atoms with Crippen molar-refractivity contribution in [2.75, 3.05) is 23.3 Å². The Labute approximate surface area is 136 Å². The molecule has 0 bridgehead atoms. The van der Waals surface area contributed by atoms with E-state index in [-0.39, 0.29) is 11.8 Å². The predicted molar refractivity (Wildman–Crippen MR) is 91.5 cm³/mol. The van der Waals surface area contributed by atoms with Gasteiger partial charge in [0.05, 0.1) is 5.92 Å². The molecule has 1 aliphatic rings. The third kappa shape index (κ3) is 3.86. The summed E-state index contributed by atoms with van der Waals surface area (Å²) in [5, 5.41) is 3.03. The van der Waals surface area contributed by atoms with Crippen LogP contribution in [0.25, 0.3) is 0 Å². The quantitative estimate of drug-likeness (QED) is 0.947. The highest BCUT2D eigenvalue weighted by atomic mass is 16.1. The van der Waals surface area contributed by atoms with E-state index in [4.69, 9.17) is 0 Å². The number of hydrogen-bond acceptors (Lipinski definition) is 4. The minimum atomic E-state index is -0.0339. The van der Waals surface area contributed by atoms with Crippen LogP contribution in [0.4, 0.5) is 11.6 Å². The van der Waals surface area contributed by atoms with E-state index in [0.29, 0.717) is 6.54 Å². The lowest BCUT2D eigenvalue weighted by molar-refractivity contribution is -0.120. The van der Waals surface area contributed by atoms with E-state index in [1.165, 1.54) is 0 Å². The van der Waals surface area contributed by atoms with Gasteiger partial charge >= 0.3 is 0 Å². The Hall–Kier alpha value is -2.43. The zero-order chi connectivity index (χ0) is 16.2. The van der Waals surface area contributed by atoms with Crippen LogP contribution in [0.5, 0.6) is 0 Å². The number of nitrogens with one attached hydrogen (secondary N) is 1. The van der Waals surface area contributed by atoms with Gasteiger partial charge in [-0.2, -0.15) is 0 Å². The molecule has 1 fully saturated rings. The lowest BCUT2D eigenvalue weighted by Gasteiger charge is -2.32. The molecule has 120 valence electrons. The first-order valence-corrected chi connectivity index (χ1v) is 8.04. The lowest BCUT2D eigenvalue weighted by Crippen LogP contribution is -2.41. The molecule has 1 amide bonds. The fourth-order valence-corrected chi connectivity index (χ4v) is 2.93. The second kappa shape index (κ2) is 6.77. The summed E-state index contributed by atoms with van der Waals surface area (Å²) >= 11 is 0. The van der Waals surface area contributed by atoms with Gasteiger partial charge in [-0.15, -0.1) is 0 Å². The van der Waals surface area contributed by atoms with Crippen LogP contribution in [-0.4, -0.2) is 29.0 Å². The molecule has 1 aromatic carbocycles. The summed E-state index contributed by atoms with van der Waals surface area (Å²) in [6.45, 7) is 5.54. The molecule has 0 aliphatic carbocycles. The van der Waals surface area contributed by atoms with Crippen LogP contribution in [0.15, 0.2) is 36.5 Å². The molecule has 23 heavy (non-hydrogen) atoms. The Kier molecular flexibility index (Phi) is 4.55. The highest BCUT2D eigenvalue weighted by Gasteiger charge is 2.27. The molecular formula is C18H22N4O. The number of rotatable bonds is 3. The molecule has 1 atom stereocenters. The minimum Gasteiger partial charge on any atom is -0.340 e. The van der Waals surface area contributed by atoms with Gasteiger partial charge in [0.2, 0.25) is 11.9 Å². The number of hydrogen-bond donors (Lipinski definition) is 1. The third-order valence-corrected chi connectivity index (χ3v) is 4.14. The maximum Gasteiger partial charge on any atom is 0.229 e. The van der Waals surface area contributed by atoms with Gasteiger partial charge in [-0.05, 0) is 50.5 Å². The SMILES string of the molecule is Cc1cccc(NC(=O)C2CCCN(c3nccc(C)n3)C2)c1. The lowest BCUT2D eigenvalue weighted by atomic mass is 9.97. The second-order valence-electron chi connectivity index (χ2n) is 6.14. The fourth-order valence-electron chi connectivity index (χ4n) is 2.93. The average Bonchev–Trinajstić information content (AvgIpc) is 2.55. The van der Waals surface area contributed by atoms with Crippen molar-refractivity contribution in [3.63, 3.8) is 0 Å². The van der Waals surface area contributed by atoms with Crippen molar-refractivity contribution in [3.8, 4) is 0 Å². The number of carbonyl (C=O) groups excluding carboxylic acids is 1. The third-order valence-electron chi connectivity index (χ3n) is 4.14. The summed E-state index contributed by atoms with van der Waals surface area (Å²) in [7, 11) is 0. The van der Waals surface area contributed by atoms with Gasteiger partial charge in [-0.3, -0.25) is 4.79 Å². The first-order chi connectivity index (χ1) is 11.1. The smallest absolute Gasteiger partial charge is 0.229 e. The highest BCUT2D eigenvalue weighted by molar-refractivity contribution is 5.93. The molecule has 3 rings (SSSR count). The van der Waals surface area contributed by atoms with Gasteiger partial charge in [-0.25, -0.2) is 9.97 Å². The Balaban J connectivity index is 1.67. The van der Waals surface area contributed by atoms with Crippen LogP contribution < -0.4 is 10.2 Å². The van der Waals surface area contributed by atoms with Crippen LogP contribution >= 0.6 is 0 Å². The molecule has 1 aromatic heterocycles. The molecule has 0 saturated carbocycles. The van der Waals surface area contributed by atoms with Crippen molar-refractivity contribution < 1.29 is 4.79 Å². The molecule has 0 spiro atoms. The molecule has 5 heteroatoms. The molecule has 1 saturated heterocycles. The van der Waals surface area contributed by atoms with Gasteiger partial charge in [0.15, 0.2) is 0 Å². The number of aryl methyl sites for hydroxylation is 2. The van der Waals surface area contributed by atoms with Gasteiger partial charge in [0, 0.05) is 30.7 Å². The molecular weight excluding hydrogens is 288 g/mol. The normalized spacial score (nSPS) is 17.8. The highest BCUT2D eigenvalue weighted by Crippen LogP contribution is 2.22. The summed E-state index contributed by atoms with van der Waals surface area (Å²) in [5.41, 5.74) is 2.95. The van der Waals surface area contributed by atoms with Crippen molar-refractivity contribution in [2.45, 2.75) is 26.7 Å². The average molecular weight is 310 g/mol. The van der Waals surface area contributed by atoms with E-state index in [0.717, 1.165) is 42.3 Å². The number of anilines is 2. The van der Waals surface area contributed by atoms with E-state index in [1.807, 2.05) is 44.2 Å². The summed E-state index contributed by atoms with van der Waals surface area (Å²) in [6.07, 6.45) is 3.65. The number of amides is 1. The number of aromatic nitrogens is 2. The van der Waals surface area contributed by atoms with Crippen molar-refractivity contribution >= 4 is 17.5 Å². The van der Waals surface area contributed by atoms with Crippen molar-refractivity contribution in [1.29, 1.82) is 0 Å². The Morgan fingerprint density at radius 2 is 2.17 bits per heavy atom. The minimum absolute atomic E-state index is 0.0339. The van der Waals surface area contributed by atoms with E-state index in [2.05, 4.69) is 20.2 Å². The van der Waals surface area contributed by atoms with Crippen molar-refractivity contribution in [3.05, 3.63) is 47.8 Å². The second-order valence-corrected chi connectivity index (χ2v) is 6.14. The number of nitrogens with zero attached hydrogens (tertiary/aromatic N) is 3. The summed E-state index contributed by atoms with van der Waals surface area (Å²) in [5.74, 6) is 0.763. The largest absolute Gasteiger partial charge is 0.340 e. The van der Waals surface area contributed by atoms with Crippen LogP contribution in [0.2, 0.25) is 0 Å². The number of piperidine rings is 1. The van der Waals surface area contributed by atoms with Crippen LogP contribution in [-0.2, 0) is 4.79 Å². The standard InChI is InChI=1S/C18H22N4O/c1-13-5-3-7-16(11-13)21-17(23)15-6-4-10-22(12-15)18-19-9-8-14(2)20-18/h3,5,7-9,11,15H,4,6,10,12H2,1-2H3,(H,21,23). The zero-order valence-corrected chi connectivity index (χ0v) is 13.6. The molecule has 1 aliphatic heterocycles. The topological polar surface area (TPSA) is 58.1 Å². The maximum absolute atomic E-state index is 12.5. The van der Waals surface area contributed by atoms with E-state index < -0.39 is 0 Å². The van der Waals surface area contributed by atoms with E-state index in [1.54, 1.807) is 6.20 Å². The van der Waals surface area contributed by atoms with Gasteiger partial charge in [0.25, 0.3) is 0 Å². The van der Waals surface area contributed by atoms with E-state index >= 15 is 0 Å². The van der Waals surface area contributed by atoms with Crippen LogP contribution in [0.3, 0.4) is 0 Å². The van der Waals surface area contributed by atoms with Crippen molar-refractivity contribution in [2.24, 2.45) is 5.92 Å². The molecule has 2 aromatic rings. The molecule has 1 N–H and O–H groups in total. The zero-order valence-electron chi connectivity index (χ0n) is 13.6. The van der Waals surface area contributed by atoms with Crippen LogP contribution in [0.1, 0.15) is 24.1 Å². The number of carbonyl (C=O) groups is 1. The Morgan fingerprint density at radius 3 is 2.96 bits per heavy atom. The van der Waals surface area contributed by atoms with E-state index in [9.17, 15) is 4.79 Å². The first-order valence-electron chi connectivity index (χ1n) is 8.04. The molecule has 5 nitrogen and oxygen atoms in total.